The van der Waals surface area contributed by atoms with E-state index in [1.54, 1.807) is 18.9 Å². The standard InChI is InChI=1S/C28H31NO5S/c1-28(2,20-7-5-4-6-8-20)21-10-12-22(13-11-21)33-15-16-34-25-17-19(9-14-24(25)32-3)26-29-23(18-35-26)27(30)31/h4-14,17,23,26,29H,15-16,18H2,1-3H3,(H,30,31). The van der Waals surface area contributed by atoms with Crippen LogP contribution >= 0.6 is 11.8 Å². The van der Waals surface area contributed by atoms with E-state index in [0.717, 1.165) is 11.3 Å². The topological polar surface area (TPSA) is 77.0 Å². The fourth-order valence-corrected chi connectivity index (χ4v) is 5.30. The lowest BCUT2D eigenvalue weighted by molar-refractivity contribution is -0.138. The van der Waals surface area contributed by atoms with Gasteiger partial charge in [0.15, 0.2) is 11.5 Å². The third-order valence-corrected chi connectivity index (χ3v) is 7.52. The Kier molecular flexibility index (Phi) is 7.88. The van der Waals surface area contributed by atoms with Crippen molar-refractivity contribution in [2.24, 2.45) is 0 Å². The largest absolute Gasteiger partial charge is 0.493 e. The smallest absolute Gasteiger partial charge is 0.321 e. The van der Waals surface area contributed by atoms with Gasteiger partial charge >= 0.3 is 5.97 Å². The van der Waals surface area contributed by atoms with Gasteiger partial charge < -0.3 is 19.3 Å². The van der Waals surface area contributed by atoms with Crippen LogP contribution in [0.2, 0.25) is 0 Å². The number of nitrogens with one attached hydrogen (secondary N) is 1. The quantitative estimate of drug-likeness (QED) is 0.373. The number of carbonyl (C=O) groups is 1. The molecule has 1 saturated heterocycles. The molecule has 35 heavy (non-hydrogen) atoms. The molecule has 6 nitrogen and oxygen atoms in total. The molecule has 0 amide bonds. The first-order chi connectivity index (χ1) is 16.9. The molecule has 2 atom stereocenters. The molecule has 1 aliphatic rings. The van der Waals surface area contributed by atoms with Crippen LogP contribution in [-0.2, 0) is 10.2 Å². The van der Waals surface area contributed by atoms with Gasteiger partial charge in [0.05, 0.1) is 12.5 Å². The summed E-state index contributed by atoms with van der Waals surface area (Å²) in [6, 6.07) is 23.8. The summed E-state index contributed by atoms with van der Waals surface area (Å²) in [6.45, 7) is 5.16. The van der Waals surface area contributed by atoms with Crippen LogP contribution in [0.25, 0.3) is 0 Å². The Morgan fingerprint density at radius 3 is 2.31 bits per heavy atom. The third kappa shape index (κ3) is 5.92. The summed E-state index contributed by atoms with van der Waals surface area (Å²) < 4.78 is 17.3. The number of methoxy groups -OCH3 is 1. The van der Waals surface area contributed by atoms with Crippen LogP contribution in [0.15, 0.2) is 72.8 Å². The minimum Gasteiger partial charge on any atom is -0.493 e. The number of rotatable bonds is 10. The van der Waals surface area contributed by atoms with E-state index in [4.69, 9.17) is 14.2 Å². The van der Waals surface area contributed by atoms with Gasteiger partial charge in [-0.1, -0.05) is 62.4 Å². The number of carboxylic acids is 1. The summed E-state index contributed by atoms with van der Waals surface area (Å²) in [5, 5.41) is 12.3. The van der Waals surface area contributed by atoms with Crippen LogP contribution in [0.3, 0.4) is 0 Å². The van der Waals surface area contributed by atoms with Gasteiger partial charge in [-0.3, -0.25) is 10.1 Å². The highest BCUT2D eigenvalue weighted by molar-refractivity contribution is 7.99. The molecule has 0 aliphatic carbocycles. The first-order valence-corrected chi connectivity index (χ1v) is 12.6. The average Bonchev–Trinajstić information content (AvgIpc) is 3.38. The van der Waals surface area contributed by atoms with E-state index < -0.39 is 12.0 Å². The van der Waals surface area contributed by atoms with E-state index in [1.165, 1.54) is 11.1 Å². The molecule has 2 unspecified atom stereocenters. The van der Waals surface area contributed by atoms with E-state index in [0.29, 0.717) is 30.5 Å². The molecule has 7 heteroatoms. The molecule has 184 valence electrons. The van der Waals surface area contributed by atoms with Gasteiger partial charge in [0.1, 0.15) is 25.0 Å². The van der Waals surface area contributed by atoms with Crippen LogP contribution in [0, 0.1) is 0 Å². The van der Waals surface area contributed by atoms with Gasteiger partial charge in [0.25, 0.3) is 0 Å². The third-order valence-electron chi connectivity index (χ3n) is 6.25. The number of aliphatic carboxylic acids is 1. The van der Waals surface area contributed by atoms with Crippen LogP contribution < -0.4 is 19.5 Å². The van der Waals surface area contributed by atoms with Crippen LogP contribution in [-0.4, -0.2) is 43.2 Å². The predicted octanol–water partition coefficient (Wildman–Crippen LogP) is 5.27. The molecule has 1 aliphatic heterocycles. The molecule has 1 fully saturated rings. The van der Waals surface area contributed by atoms with Gasteiger partial charge in [-0.05, 0) is 41.0 Å². The Bertz CT molecular complexity index is 1130. The molecular formula is C28H31NO5S. The first kappa shape index (κ1) is 24.9. The Morgan fingerprint density at radius 2 is 1.66 bits per heavy atom. The van der Waals surface area contributed by atoms with Gasteiger partial charge in [-0.25, -0.2) is 0 Å². The Balaban J connectivity index is 1.33. The van der Waals surface area contributed by atoms with Gasteiger partial charge in [-0.15, -0.1) is 11.8 Å². The second-order valence-corrected chi connectivity index (χ2v) is 10.0. The summed E-state index contributed by atoms with van der Waals surface area (Å²) in [6.07, 6.45) is 0. The average molecular weight is 494 g/mol. The number of ether oxygens (including phenoxy) is 3. The zero-order valence-electron chi connectivity index (χ0n) is 20.2. The van der Waals surface area contributed by atoms with Crippen LogP contribution in [0.5, 0.6) is 17.2 Å². The van der Waals surface area contributed by atoms with Crippen molar-refractivity contribution in [1.29, 1.82) is 0 Å². The van der Waals surface area contributed by atoms with E-state index in [2.05, 4.69) is 55.6 Å². The first-order valence-electron chi connectivity index (χ1n) is 11.6. The Hall–Kier alpha value is -3.16. The molecule has 0 spiro atoms. The summed E-state index contributed by atoms with van der Waals surface area (Å²) >= 11 is 1.57. The number of benzene rings is 3. The lowest BCUT2D eigenvalue weighted by Crippen LogP contribution is -2.33. The Morgan fingerprint density at radius 1 is 0.971 bits per heavy atom. The maximum atomic E-state index is 11.2. The molecule has 3 aromatic rings. The van der Waals surface area contributed by atoms with Crippen molar-refractivity contribution >= 4 is 17.7 Å². The van der Waals surface area contributed by atoms with Crippen LogP contribution in [0.4, 0.5) is 0 Å². The molecular weight excluding hydrogens is 462 g/mol. The summed E-state index contributed by atoms with van der Waals surface area (Å²) in [5.41, 5.74) is 3.34. The molecule has 0 aromatic heterocycles. The zero-order valence-corrected chi connectivity index (χ0v) is 21.0. The minimum atomic E-state index is -0.834. The van der Waals surface area contributed by atoms with Crippen LogP contribution in [0.1, 0.15) is 35.9 Å². The highest BCUT2D eigenvalue weighted by Gasteiger charge is 2.30. The van der Waals surface area contributed by atoms with Gasteiger partial charge in [0.2, 0.25) is 0 Å². The SMILES string of the molecule is COc1ccc(C2NC(C(=O)O)CS2)cc1OCCOc1ccc(C(C)(C)c2ccccc2)cc1. The predicted molar refractivity (Wildman–Crippen MR) is 139 cm³/mol. The van der Waals surface area contributed by atoms with E-state index in [1.807, 2.05) is 36.4 Å². The highest BCUT2D eigenvalue weighted by Crippen LogP contribution is 2.37. The van der Waals surface area contributed by atoms with Crippen molar-refractivity contribution in [2.75, 3.05) is 26.1 Å². The van der Waals surface area contributed by atoms with E-state index >= 15 is 0 Å². The fraction of sp³-hybridized carbons (Fsp3) is 0.321. The second-order valence-electron chi connectivity index (χ2n) is 8.89. The van der Waals surface area contributed by atoms with Crippen molar-refractivity contribution in [3.05, 3.63) is 89.5 Å². The number of hydrogen-bond acceptors (Lipinski definition) is 6. The van der Waals surface area contributed by atoms with E-state index in [9.17, 15) is 9.90 Å². The molecule has 0 radical (unpaired) electrons. The van der Waals surface area contributed by atoms with Crippen molar-refractivity contribution < 1.29 is 24.1 Å². The molecule has 0 saturated carbocycles. The number of hydrogen-bond donors (Lipinski definition) is 2. The number of thioether (sulfide) groups is 1. The van der Waals surface area contributed by atoms with E-state index in [-0.39, 0.29) is 10.8 Å². The monoisotopic (exact) mass is 493 g/mol. The van der Waals surface area contributed by atoms with Gasteiger partial charge in [-0.2, -0.15) is 0 Å². The second kappa shape index (κ2) is 11.1. The Labute approximate surface area is 210 Å². The normalized spacial score (nSPS) is 17.7. The fourth-order valence-electron chi connectivity index (χ4n) is 4.08. The molecule has 4 rings (SSSR count). The molecule has 2 N–H and O–H groups in total. The van der Waals surface area contributed by atoms with Crippen molar-refractivity contribution in [3.8, 4) is 17.2 Å². The maximum absolute atomic E-state index is 11.2. The van der Waals surface area contributed by atoms with Crippen molar-refractivity contribution in [3.63, 3.8) is 0 Å². The summed E-state index contributed by atoms with van der Waals surface area (Å²) in [5.74, 6) is 1.71. The van der Waals surface area contributed by atoms with Crippen molar-refractivity contribution in [1.82, 2.24) is 5.32 Å². The minimum absolute atomic E-state index is 0.0958. The maximum Gasteiger partial charge on any atom is 0.321 e. The molecule has 1 heterocycles. The lowest BCUT2D eigenvalue weighted by atomic mass is 9.78. The van der Waals surface area contributed by atoms with Crippen molar-refractivity contribution in [2.45, 2.75) is 30.7 Å². The van der Waals surface area contributed by atoms with Gasteiger partial charge in [0, 0.05) is 11.2 Å². The summed E-state index contributed by atoms with van der Waals surface area (Å²) in [4.78, 5) is 11.2. The zero-order chi connectivity index (χ0) is 24.8. The summed E-state index contributed by atoms with van der Waals surface area (Å²) in [7, 11) is 1.60. The number of carboxylic acid groups (broad SMARTS) is 1. The lowest BCUT2D eigenvalue weighted by Gasteiger charge is -2.26. The molecule has 0 bridgehead atoms. The molecule has 3 aromatic carbocycles. The highest BCUT2D eigenvalue weighted by atomic mass is 32.2.